The Morgan fingerprint density at radius 2 is 2.20 bits per heavy atom. The Hall–Kier alpha value is -1.55. The predicted octanol–water partition coefficient (Wildman–Crippen LogP) is 2.38. The van der Waals surface area contributed by atoms with E-state index in [1.54, 1.807) is 0 Å². The predicted molar refractivity (Wildman–Crippen MR) is 79.5 cm³/mol. The quantitative estimate of drug-likeness (QED) is 0.773. The lowest BCUT2D eigenvalue weighted by Crippen LogP contribution is -2.44. The van der Waals surface area contributed by atoms with Gasteiger partial charge in [0, 0.05) is 12.6 Å². The Morgan fingerprint density at radius 1 is 1.45 bits per heavy atom. The van der Waals surface area contributed by atoms with Gasteiger partial charge in [-0.1, -0.05) is 38.1 Å². The van der Waals surface area contributed by atoms with Crippen molar-refractivity contribution < 1.29 is 9.90 Å². The molecular weight excluding hydrogens is 252 g/mol. The van der Waals surface area contributed by atoms with Crippen LogP contribution in [-0.4, -0.2) is 23.8 Å². The average Bonchev–Trinajstić information content (AvgIpc) is 2.75. The second-order valence-corrected chi connectivity index (χ2v) is 5.59. The van der Waals surface area contributed by atoms with Gasteiger partial charge in [0.2, 0.25) is 0 Å². The van der Waals surface area contributed by atoms with Gasteiger partial charge in [-0.05, 0) is 36.3 Å². The molecule has 0 saturated carbocycles. The third-order valence-electron chi connectivity index (χ3n) is 4.09. The van der Waals surface area contributed by atoms with Gasteiger partial charge in [0.05, 0.1) is 6.04 Å². The third-order valence-corrected chi connectivity index (χ3v) is 4.09. The second-order valence-electron chi connectivity index (χ2n) is 5.59. The van der Waals surface area contributed by atoms with E-state index >= 15 is 0 Å². The van der Waals surface area contributed by atoms with Crippen molar-refractivity contribution in [3.05, 3.63) is 35.4 Å². The summed E-state index contributed by atoms with van der Waals surface area (Å²) in [6, 6.07) is 8.26. The van der Waals surface area contributed by atoms with Crippen molar-refractivity contribution in [2.45, 2.75) is 45.2 Å². The minimum absolute atomic E-state index is 0.0342. The summed E-state index contributed by atoms with van der Waals surface area (Å²) in [5, 5.41) is 15.0. The normalized spacial score (nSPS) is 22.1. The molecule has 0 heterocycles. The highest BCUT2D eigenvalue weighted by molar-refractivity contribution is 5.75. The summed E-state index contributed by atoms with van der Waals surface area (Å²) >= 11 is 0. The van der Waals surface area contributed by atoms with E-state index < -0.39 is 0 Å². The number of fused-ring (bicyclic) bond motifs is 1. The number of aliphatic hydroxyl groups is 1. The van der Waals surface area contributed by atoms with Gasteiger partial charge in [0.1, 0.15) is 0 Å². The third kappa shape index (κ3) is 3.31. The molecule has 3 unspecified atom stereocenters. The van der Waals surface area contributed by atoms with E-state index in [9.17, 15) is 4.79 Å². The minimum atomic E-state index is -0.140. The number of amides is 2. The molecule has 1 aromatic carbocycles. The Balaban J connectivity index is 1.98. The van der Waals surface area contributed by atoms with Gasteiger partial charge in [-0.3, -0.25) is 0 Å². The first-order chi connectivity index (χ1) is 9.65. The fourth-order valence-corrected chi connectivity index (χ4v) is 2.92. The summed E-state index contributed by atoms with van der Waals surface area (Å²) in [7, 11) is 0. The van der Waals surface area contributed by atoms with Gasteiger partial charge < -0.3 is 15.7 Å². The highest BCUT2D eigenvalue weighted by Gasteiger charge is 2.30. The van der Waals surface area contributed by atoms with Crippen LogP contribution in [0.15, 0.2) is 24.3 Å². The summed E-state index contributed by atoms with van der Waals surface area (Å²) in [5.41, 5.74) is 2.55. The summed E-state index contributed by atoms with van der Waals surface area (Å²) in [6.45, 7) is 4.27. The zero-order valence-electron chi connectivity index (χ0n) is 12.2. The molecule has 3 N–H and O–H groups in total. The van der Waals surface area contributed by atoms with E-state index in [-0.39, 0.29) is 24.7 Å². The van der Waals surface area contributed by atoms with E-state index in [0.29, 0.717) is 12.3 Å². The average molecular weight is 276 g/mol. The molecule has 0 aromatic heterocycles. The maximum atomic E-state index is 12.1. The van der Waals surface area contributed by atoms with Crippen molar-refractivity contribution in [2.24, 2.45) is 5.92 Å². The maximum absolute atomic E-state index is 12.1. The Bertz CT molecular complexity index is 462. The van der Waals surface area contributed by atoms with E-state index in [0.717, 1.165) is 12.8 Å². The van der Waals surface area contributed by atoms with Gasteiger partial charge in [0.25, 0.3) is 0 Å². The van der Waals surface area contributed by atoms with Gasteiger partial charge >= 0.3 is 6.03 Å². The van der Waals surface area contributed by atoms with Crippen LogP contribution in [0.2, 0.25) is 0 Å². The van der Waals surface area contributed by atoms with Crippen molar-refractivity contribution in [1.82, 2.24) is 10.6 Å². The molecule has 0 radical (unpaired) electrons. The number of rotatable bonds is 5. The topological polar surface area (TPSA) is 61.4 Å². The molecule has 2 amide bonds. The number of benzene rings is 1. The first-order valence-electron chi connectivity index (χ1n) is 7.41. The monoisotopic (exact) mass is 276 g/mol. The van der Waals surface area contributed by atoms with Gasteiger partial charge in [-0.15, -0.1) is 0 Å². The standard InChI is InChI=1S/C16H24N2O2/c1-3-13(8-9-19)17-16(20)18-15-11(2)10-12-6-4-5-7-14(12)15/h4-7,11,13,15,19H,3,8-10H2,1-2H3,(H2,17,18,20). The number of carbonyl (C=O) groups is 1. The molecule has 1 aliphatic carbocycles. The van der Waals surface area contributed by atoms with Crippen molar-refractivity contribution in [3.8, 4) is 0 Å². The molecule has 4 heteroatoms. The van der Waals surface area contributed by atoms with Gasteiger partial charge in [-0.25, -0.2) is 4.79 Å². The van der Waals surface area contributed by atoms with E-state index in [1.807, 2.05) is 19.1 Å². The number of nitrogens with one attached hydrogen (secondary N) is 2. The molecule has 20 heavy (non-hydrogen) atoms. The van der Waals surface area contributed by atoms with Crippen molar-refractivity contribution >= 4 is 6.03 Å². The van der Waals surface area contributed by atoms with Crippen LogP contribution < -0.4 is 10.6 Å². The number of urea groups is 1. The molecule has 110 valence electrons. The van der Waals surface area contributed by atoms with Crippen LogP contribution in [0.25, 0.3) is 0 Å². The highest BCUT2D eigenvalue weighted by Crippen LogP contribution is 2.35. The Labute approximate surface area is 120 Å². The van der Waals surface area contributed by atoms with Crippen molar-refractivity contribution in [1.29, 1.82) is 0 Å². The first-order valence-corrected chi connectivity index (χ1v) is 7.41. The molecule has 4 nitrogen and oxygen atoms in total. The number of hydrogen-bond acceptors (Lipinski definition) is 2. The number of hydrogen-bond donors (Lipinski definition) is 3. The first kappa shape index (κ1) is 14.9. The minimum Gasteiger partial charge on any atom is -0.396 e. The SMILES string of the molecule is CCC(CCO)NC(=O)NC1c2ccccc2CC1C. The van der Waals surface area contributed by atoms with E-state index in [4.69, 9.17) is 5.11 Å². The number of carbonyl (C=O) groups excluding carboxylic acids is 1. The molecule has 0 spiro atoms. The van der Waals surface area contributed by atoms with Crippen LogP contribution in [0.4, 0.5) is 4.79 Å². The molecule has 0 saturated heterocycles. The number of aliphatic hydroxyl groups excluding tert-OH is 1. The Morgan fingerprint density at radius 3 is 2.90 bits per heavy atom. The molecule has 1 aromatic rings. The van der Waals surface area contributed by atoms with Crippen LogP contribution in [0.1, 0.15) is 43.9 Å². The molecular formula is C16H24N2O2. The molecule has 0 bridgehead atoms. The second kappa shape index (κ2) is 6.75. The fraction of sp³-hybridized carbons (Fsp3) is 0.562. The smallest absolute Gasteiger partial charge is 0.315 e. The van der Waals surface area contributed by atoms with Crippen LogP contribution in [-0.2, 0) is 6.42 Å². The lowest BCUT2D eigenvalue weighted by Gasteiger charge is -2.22. The summed E-state index contributed by atoms with van der Waals surface area (Å²) < 4.78 is 0. The van der Waals surface area contributed by atoms with Gasteiger partial charge in [0.15, 0.2) is 0 Å². The van der Waals surface area contributed by atoms with E-state index in [1.165, 1.54) is 11.1 Å². The summed E-state index contributed by atoms with van der Waals surface area (Å²) in [4.78, 5) is 12.1. The largest absolute Gasteiger partial charge is 0.396 e. The zero-order chi connectivity index (χ0) is 14.5. The molecule has 3 atom stereocenters. The van der Waals surface area contributed by atoms with Crippen molar-refractivity contribution in [2.75, 3.05) is 6.61 Å². The van der Waals surface area contributed by atoms with Crippen LogP contribution >= 0.6 is 0 Å². The van der Waals surface area contributed by atoms with Crippen molar-refractivity contribution in [3.63, 3.8) is 0 Å². The lowest BCUT2D eigenvalue weighted by atomic mass is 10.0. The Kier molecular flexibility index (Phi) is 5.01. The maximum Gasteiger partial charge on any atom is 0.315 e. The van der Waals surface area contributed by atoms with Crippen LogP contribution in [0.3, 0.4) is 0 Å². The van der Waals surface area contributed by atoms with Crippen LogP contribution in [0.5, 0.6) is 0 Å². The van der Waals surface area contributed by atoms with Gasteiger partial charge in [-0.2, -0.15) is 0 Å². The highest BCUT2D eigenvalue weighted by atomic mass is 16.3. The summed E-state index contributed by atoms with van der Waals surface area (Å²) in [6.07, 6.45) is 2.43. The molecule has 2 rings (SSSR count). The van der Waals surface area contributed by atoms with E-state index in [2.05, 4.69) is 29.7 Å². The summed E-state index contributed by atoms with van der Waals surface area (Å²) in [5.74, 6) is 0.413. The molecule has 1 aliphatic rings. The fourth-order valence-electron chi connectivity index (χ4n) is 2.92. The molecule has 0 fully saturated rings. The molecule has 0 aliphatic heterocycles. The zero-order valence-corrected chi connectivity index (χ0v) is 12.2. The van der Waals surface area contributed by atoms with Crippen LogP contribution in [0, 0.1) is 5.92 Å². The lowest BCUT2D eigenvalue weighted by molar-refractivity contribution is 0.222.